The van der Waals surface area contributed by atoms with Gasteiger partial charge >= 0.3 is 0 Å². The third kappa shape index (κ3) is 3.56. The highest BCUT2D eigenvalue weighted by Gasteiger charge is 2.21. The molecule has 2 heterocycles. The van der Waals surface area contributed by atoms with Crippen molar-refractivity contribution < 1.29 is 4.79 Å². The highest BCUT2D eigenvalue weighted by Crippen LogP contribution is 2.10. The zero-order chi connectivity index (χ0) is 15.4. The monoisotopic (exact) mass is 285 g/mol. The second kappa shape index (κ2) is 6.35. The van der Waals surface area contributed by atoms with Crippen molar-refractivity contribution >= 4 is 5.91 Å². The van der Waals surface area contributed by atoms with Gasteiger partial charge < -0.3 is 9.88 Å². The molecule has 5 heteroatoms. The number of aromatic nitrogens is 2. The molecule has 0 atom stereocenters. The standard InChI is InChI=1S/C16H19N3O2/c1-11(2)19(10-13-5-4-6-17-8-13)16(21)14-9-18-12(3)7-15(14)20/h4-9,11H,10H2,1-3H3,(H,18,20). The van der Waals surface area contributed by atoms with Gasteiger partial charge in [-0.2, -0.15) is 0 Å². The van der Waals surface area contributed by atoms with Crippen molar-refractivity contribution in [1.29, 1.82) is 0 Å². The third-order valence-corrected chi connectivity index (χ3v) is 3.25. The van der Waals surface area contributed by atoms with Crippen molar-refractivity contribution in [3.05, 3.63) is 63.8 Å². The largest absolute Gasteiger partial charge is 0.364 e. The molecule has 0 spiro atoms. The quantitative estimate of drug-likeness (QED) is 0.935. The summed E-state index contributed by atoms with van der Waals surface area (Å²) in [6.45, 7) is 6.07. The number of aryl methyl sites for hydroxylation is 1. The second-order valence-electron chi connectivity index (χ2n) is 5.28. The molecule has 0 bridgehead atoms. The van der Waals surface area contributed by atoms with Gasteiger partial charge in [-0.1, -0.05) is 6.07 Å². The van der Waals surface area contributed by atoms with Crippen molar-refractivity contribution in [2.45, 2.75) is 33.4 Å². The maximum atomic E-state index is 12.6. The first-order chi connectivity index (χ1) is 9.99. The van der Waals surface area contributed by atoms with E-state index in [2.05, 4.69) is 9.97 Å². The van der Waals surface area contributed by atoms with Gasteiger partial charge in [0.2, 0.25) is 0 Å². The first kappa shape index (κ1) is 15.0. The van der Waals surface area contributed by atoms with E-state index in [4.69, 9.17) is 0 Å². The minimum Gasteiger partial charge on any atom is -0.364 e. The average molecular weight is 285 g/mol. The third-order valence-electron chi connectivity index (χ3n) is 3.25. The topological polar surface area (TPSA) is 66.1 Å². The summed E-state index contributed by atoms with van der Waals surface area (Å²) in [6.07, 6.45) is 4.90. The fourth-order valence-corrected chi connectivity index (χ4v) is 2.07. The number of hydrogen-bond donors (Lipinski definition) is 1. The lowest BCUT2D eigenvalue weighted by molar-refractivity contribution is 0.0688. The zero-order valence-corrected chi connectivity index (χ0v) is 12.5. The highest BCUT2D eigenvalue weighted by molar-refractivity contribution is 5.94. The van der Waals surface area contributed by atoms with Gasteiger partial charge in [0.05, 0.1) is 0 Å². The number of carbonyl (C=O) groups excluding carboxylic acids is 1. The molecule has 5 nitrogen and oxygen atoms in total. The minimum atomic E-state index is -0.268. The van der Waals surface area contributed by atoms with Crippen LogP contribution in [0.25, 0.3) is 0 Å². The van der Waals surface area contributed by atoms with Crippen LogP contribution in [0.5, 0.6) is 0 Å². The molecule has 2 aromatic rings. The Bertz CT molecular complexity index is 677. The lowest BCUT2D eigenvalue weighted by Gasteiger charge is -2.26. The molecule has 0 saturated heterocycles. The van der Waals surface area contributed by atoms with Crippen LogP contribution in [0.1, 0.15) is 35.5 Å². The van der Waals surface area contributed by atoms with Gasteiger partial charge in [-0.05, 0) is 32.4 Å². The van der Waals surface area contributed by atoms with Crippen molar-refractivity contribution in [3.63, 3.8) is 0 Å². The van der Waals surface area contributed by atoms with Gasteiger partial charge in [-0.3, -0.25) is 14.6 Å². The molecular weight excluding hydrogens is 266 g/mol. The first-order valence-corrected chi connectivity index (χ1v) is 6.88. The van der Waals surface area contributed by atoms with Crippen molar-refractivity contribution in [1.82, 2.24) is 14.9 Å². The van der Waals surface area contributed by atoms with Gasteiger partial charge in [-0.25, -0.2) is 0 Å². The lowest BCUT2D eigenvalue weighted by atomic mass is 10.1. The number of hydrogen-bond acceptors (Lipinski definition) is 3. The normalized spacial score (nSPS) is 10.7. The van der Waals surface area contributed by atoms with E-state index in [1.54, 1.807) is 24.2 Å². The van der Waals surface area contributed by atoms with E-state index < -0.39 is 0 Å². The molecule has 0 aromatic carbocycles. The summed E-state index contributed by atoms with van der Waals surface area (Å²) in [6, 6.07) is 5.17. The van der Waals surface area contributed by atoms with Crippen LogP contribution in [0.15, 0.2) is 41.6 Å². The van der Waals surface area contributed by atoms with Gasteiger partial charge in [0.1, 0.15) is 5.56 Å². The van der Waals surface area contributed by atoms with Gasteiger partial charge in [-0.15, -0.1) is 0 Å². The summed E-state index contributed by atoms with van der Waals surface area (Å²) in [4.78, 5) is 33.2. The number of pyridine rings is 2. The summed E-state index contributed by atoms with van der Waals surface area (Å²) in [7, 11) is 0. The van der Waals surface area contributed by atoms with Gasteiger partial charge in [0, 0.05) is 42.9 Å². The fraction of sp³-hybridized carbons (Fsp3) is 0.312. The number of nitrogens with one attached hydrogen (secondary N) is 1. The van der Waals surface area contributed by atoms with Crippen LogP contribution in [0, 0.1) is 6.92 Å². The predicted molar refractivity (Wildman–Crippen MR) is 81.0 cm³/mol. The Labute approximate surface area is 123 Å². The van der Waals surface area contributed by atoms with E-state index in [0.29, 0.717) is 6.54 Å². The number of amides is 1. The number of carbonyl (C=O) groups is 1. The Kier molecular flexibility index (Phi) is 4.52. The molecule has 0 radical (unpaired) electrons. The Morgan fingerprint density at radius 1 is 1.43 bits per heavy atom. The Morgan fingerprint density at radius 2 is 2.19 bits per heavy atom. The van der Waals surface area contributed by atoms with E-state index >= 15 is 0 Å². The molecule has 1 amide bonds. The zero-order valence-electron chi connectivity index (χ0n) is 12.5. The van der Waals surface area contributed by atoms with Crippen LogP contribution in [0.4, 0.5) is 0 Å². The van der Waals surface area contributed by atoms with Crippen LogP contribution in [-0.2, 0) is 6.54 Å². The Morgan fingerprint density at radius 3 is 2.76 bits per heavy atom. The van der Waals surface area contributed by atoms with Crippen LogP contribution >= 0.6 is 0 Å². The highest BCUT2D eigenvalue weighted by atomic mass is 16.2. The summed E-state index contributed by atoms with van der Waals surface area (Å²) in [5, 5.41) is 0. The van der Waals surface area contributed by atoms with E-state index in [1.807, 2.05) is 26.0 Å². The Hall–Kier alpha value is -2.43. The smallest absolute Gasteiger partial charge is 0.259 e. The van der Waals surface area contributed by atoms with E-state index in [9.17, 15) is 9.59 Å². The molecule has 0 fully saturated rings. The van der Waals surface area contributed by atoms with E-state index in [1.165, 1.54) is 12.3 Å². The Balaban J connectivity index is 2.30. The summed E-state index contributed by atoms with van der Waals surface area (Å²) in [5.41, 5.74) is 1.58. The van der Waals surface area contributed by atoms with E-state index in [0.717, 1.165) is 11.3 Å². The van der Waals surface area contributed by atoms with Crippen LogP contribution < -0.4 is 5.43 Å². The van der Waals surface area contributed by atoms with Gasteiger partial charge in [0.25, 0.3) is 5.91 Å². The number of H-pyrrole nitrogens is 1. The predicted octanol–water partition coefficient (Wildman–Crippen LogP) is 2.13. The van der Waals surface area contributed by atoms with E-state index in [-0.39, 0.29) is 22.9 Å². The van der Waals surface area contributed by atoms with Crippen LogP contribution in [0.2, 0.25) is 0 Å². The van der Waals surface area contributed by atoms with Crippen LogP contribution in [0.3, 0.4) is 0 Å². The van der Waals surface area contributed by atoms with Crippen molar-refractivity contribution in [2.75, 3.05) is 0 Å². The number of nitrogens with zero attached hydrogens (tertiary/aromatic N) is 2. The molecular formula is C16H19N3O2. The lowest BCUT2D eigenvalue weighted by Crippen LogP contribution is -2.38. The second-order valence-corrected chi connectivity index (χ2v) is 5.28. The van der Waals surface area contributed by atoms with Crippen molar-refractivity contribution in [3.8, 4) is 0 Å². The molecule has 2 aromatic heterocycles. The average Bonchev–Trinajstić information content (AvgIpc) is 2.45. The summed E-state index contributed by atoms with van der Waals surface area (Å²) < 4.78 is 0. The van der Waals surface area contributed by atoms with Crippen molar-refractivity contribution in [2.24, 2.45) is 0 Å². The maximum Gasteiger partial charge on any atom is 0.259 e. The molecule has 1 N–H and O–H groups in total. The first-order valence-electron chi connectivity index (χ1n) is 6.88. The molecule has 0 aliphatic carbocycles. The SMILES string of the molecule is Cc1cc(=O)c(C(=O)N(Cc2cccnc2)C(C)C)c[nH]1. The molecule has 0 aliphatic heterocycles. The molecule has 0 saturated carbocycles. The molecule has 21 heavy (non-hydrogen) atoms. The number of aromatic amines is 1. The molecule has 2 rings (SSSR count). The van der Waals surface area contributed by atoms with Gasteiger partial charge in [0.15, 0.2) is 5.43 Å². The summed E-state index contributed by atoms with van der Waals surface area (Å²) in [5.74, 6) is -0.268. The van der Waals surface area contributed by atoms with Crippen LogP contribution in [-0.4, -0.2) is 26.8 Å². The minimum absolute atomic E-state index is 0.0154. The maximum absolute atomic E-state index is 12.6. The number of rotatable bonds is 4. The molecule has 0 unspecified atom stereocenters. The molecule has 0 aliphatic rings. The molecule has 110 valence electrons. The fourth-order valence-electron chi connectivity index (χ4n) is 2.07. The summed E-state index contributed by atoms with van der Waals surface area (Å²) >= 11 is 0.